The molecule has 26 heavy (non-hydrogen) atoms. The van der Waals surface area contributed by atoms with Crippen LogP contribution in [-0.2, 0) is 11.2 Å². The maximum Gasteiger partial charge on any atom is 0.230 e. The Hall–Kier alpha value is -2.62. The average molecular weight is 377 g/mol. The third-order valence-corrected chi connectivity index (χ3v) is 5.23. The lowest BCUT2D eigenvalue weighted by molar-refractivity contribution is -0.118. The molecule has 1 unspecified atom stereocenters. The van der Waals surface area contributed by atoms with Crippen LogP contribution in [-0.4, -0.2) is 39.1 Å². The van der Waals surface area contributed by atoms with E-state index >= 15 is 0 Å². The van der Waals surface area contributed by atoms with E-state index < -0.39 is 0 Å². The number of amidine groups is 1. The molecule has 10 heteroatoms. The summed E-state index contributed by atoms with van der Waals surface area (Å²) in [7, 11) is 0. The fraction of sp³-hybridized carbons (Fsp3) is 0.375. The molecule has 1 heterocycles. The van der Waals surface area contributed by atoms with Gasteiger partial charge in [0.05, 0.1) is 11.8 Å². The van der Waals surface area contributed by atoms with Gasteiger partial charge >= 0.3 is 0 Å². The number of hydrogen-bond acceptors (Lipinski definition) is 7. The van der Waals surface area contributed by atoms with Gasteiger partial charge in [-0.15, -0.1) is 0 Å². The van der Waals surface area contributed by atoms with Crippen molar-refractivity contribution in [2.45, 2.75) is 36.4 Å². The minimum atomic E-state index is -0.321. The van der Waals surface area contributed by atoms with Crippen LogP contribution in [0.4, 0.5) is 4.39 Å². The summed E-state index contributed by atoms with van der Waals surface area (Å²) < 4.78 is 18.1. The highest BCUT2D eigenvalue weighted by atomic mass is 32.2. The maximum absolute atomic E-state index is 13.4. The minimum absolute atomic E-state index is 0.0660. The number of halogens is 1. The molecule has 0 radical (unpaired) electrons. The lowest BCUT2D eigenvalue weighted by Gasteiger charge is -2.31. The second kappa shape index (κ2) is 6.94. The molecule has 1 atom stereocenters. The Balaban J connectivity index is 1.41. The highest BCUT2D eigenvalue weighted by molar-refractivity contribution is 8.00. The number of rotatable bonds is 6. The smallest absolute Gasteiger partial charge is 0.230 e. The molecular formula is C16H16FN5O3S. The number of hydrogen-bond donors (Lipinski definition) is 3. The van der Waals surface area contributed by atoms with Crippen LogP contribution in [0.3, 0.4) is 0 Å². The van der Waals surface area contributed by atoms with Gasteiger partial charge in [0.2, 0.25) is 5.91 Å². The van der Waals surface area contributed by atoms with Crippen LogP contribution < -0.4 is 10.6 Å². The van der Waals surface area contributed by atoms with E-state index in [0.29, 0.717) is 11.4 Å². The van der Waals surface area contributed by atoms with E-state index in [1.54, 1.807) is 6.07 Å². The Kier molecular flexibility index (Phi) is 4.49. The van der Waals surface area contributed by atoms with Gasteiger partial charge in [0.25, 0.3) is 0 Å². The summed E-state index contributed by atoms with van der Waals surface area (Å²) in [6.07, 6.45) is 2.70. The Morgan fingerprint density at radius 2 is 2.23 bits per heavy atom. The molecule has 3 N–H and O–H groups in total. The van der Waals surface area contributed by atoms with Crippen molar-refractivity contribution >= 4 is 23.5 Å². The van der Waals surface area contributed by atoms with E-state index in [0.717, 1.165) is 35.7 Å². The third kappa shape index (κ3) is 3.50. The minimum Gasteiger partial charge on any atom is -0.409 e. The van der Waals surface area contributed by atoms with Gasteiger partial charge in [0.1, 0.15) is 5.82 Å². The molecule has 2 aliphatic rings. The molecule has 0 saturated heterocycles. The van der Waals surface area contributed by atoms with Gasteiger partial charge in [-0.25, -0.2) is 9.02 Å². The van der Waals surface area contributed by atoms with Gasteiger partial charge < -0.3 is 15.8 Å². The molecule has 1 aromatic heterocycles. The number of nitrogens with zero attached hydrogens (tertiary/aromatic N) is 3. The molecule has 4 rings (SSSR count). The molecule has 2 aliphatic carbocycles. The van der Waals surface area contributed by atoms with E-state index in [9.17, 15) is 14.4 Å². The van der Waals surface area contributed by atoms with Crippen molar-refractivity contribution in [3.05, 3.63) is 40.8 Å². The second-order valence-corrected chi connectivity index (χ2v) is 7.21. The van der Waals surface area contributed by atoms with Crippen LogP contribution in [0.1, 0.15) is 35.7 Å². The highest BCUT2D eigenvalue weighted by Gasteiger charge is 2.30. The normalized spacial score (nSPS) is 18.8. The predicted octanol–water partition coefficient (Wildman–Crippen LogP) is 1.60. The van der Waals surface area contributed by atoms with E-state index in [1.807, 2.05) is 0 Å². The van der Waals surface area contributed by atoms with Crippen molar-refractivity contribution < 1.29 is 19.0 Å². The van der Waals surface area contributed by atoms with Crippen molar-refractivity contribution in [1.29, 1.82) is 0 Å². The average Bonchev–Trinajstić information content (AvgIpc) is 3.30. The highest BCUT2D eigenvalue weighted by Crippen LogP contribution is 2.34. The van der Waals surface area contributed by atoms with Crippen molar-refractivity contribution in [2.75, 3.05) is 5.75 Å². The Morgan fingerprint density at radius 3 is 3.00 bits per heavy atom. The summed E-state index contributed by atoms with van der Waals surface area (Å²) in [5.41, 5.74) is 2.05. The van der Waals surface area contributed by atoms with Crippen LogP contribution >= 0.6 is 11.8 Å². The SMILES string of the molecule is O=C(CSc1nonc1/C(=N/O)NC1Cc2ccc(F)cc21)NC1CC1. The zero-order chi connectivity index (χ0) is 18.1. The fourth-order valence-corrected chi connectivity index (χ4v) is 3.47. The first-order chi connectivity index (χ1) is 12.6. The van der Waals surface area contributed by atoms with Gasteiger partial charge in [-0.05, 0) is 52.8 Å². The van der Waals surface area contributed by atoms with E-state index in [-0.39, 0.29) is 41.1 Å². The molecule has 0 spiro atoms. The first-order valence-corrected chi connectivity index (χ1v) is 9.14. The van der Waals surface area contributed by atoms with Gasteiger partial charge in [-0.3, -0.25) is 4.79 Å². The molecule has 8 nitrogen and oxygen atoms in total. The summed E-state index contributed by atoms with van der Waals surface area (Å²) in [6.45, 7) is 0. The molecule has 1 saturated carbocycles. The number of carbonyl (C=O) groups is 1. The molecule has 1 aromatic carbocycles. The van der Waals surface area contributed by atoms with Crippen LogP contribution in [0, 0.1) is 5.82 Å². The standard InChI is InChI=1S/C16H16FN5O3S/c17-9-2-1-8-5-12(11(8)6-9)19-15(20-24)14-16(22-25-21-14)26-7-13(23)18-10-3-4-10/h1-2,6,10,12,24H,3-5,7H2,(H,18,23)(H,19,20). The number of thioether (sulfide) groups is 1. The molecular weight excluding hydrogens is 361 g/mol. The van der Waals surface area contributed by atoms with E-state index in [4.69, 9.17) is 4.63 Å². The Labute approximate surface area is 152 Å². The number of oxime groups is 1. The molecule has 136 valence electrons. The lowest BCUT2D eigenvalue weighted by Crippen LogP contribution is -2.36. The predicted molar refractivity (Wildman–Crippen MR) is 90.5 cm³/mol. The molecule has 0 aliphatic heterocycles. The fourth-order valence-electron chi connectivity index (χ4n) is 2.76. The maximum atomic E-state index is 13.4. The monoisotopic (exact) mass is 377 g/mol. The van der Waals surface area contributed by atoms with Gasteiger partial charge in [0, 0.05) is 6.04 Å². The number of aromatic nitrogens is 2. The number of fused-ring (bicyclic) bond motifs is 1. The first kappa shape index (κ1) is 16.8. The zero-order valence-electron chi connectivity index (χ0n) is 13.6. The van der Waals surface area contributed by atoms with Crippen LogP contribution in [0.25, 0.3) is 0 Å². The number of nitrogens with one attached hydrogen (secondary N) is 2. The number of benzene rings is 1. The summed E-state index contributed by atoms with van der Waals surface area (Å²) in [4.78, 5) is 11.8. The van der Waals surface area contributed by atoms with Crippen molar-refractivity contribution in [3.8, 4) is 0 Å². The van der Waals surface area contributed by atoms with Crippen LogP contribution in [0.15, 0.2) is 33.0 Å². The first-order valence-electron chi connectivity index (χ1n) is 8.16. The third-order valence-electron chi connectivity index (χ3n) is 4.28. The van der Waals surface area contributed by atoms with Crippen molar-refractivity contribution in [1.82, 2.24) is 20.9 Å². The zero-order valence-corrected chi connectivity index (χ0v) is 14.4. The summed E-state index contributed by atoms with van der Waals surface area (Å²) in [5.74, 6) is -0.186. The molecule has 2 aromatic rings. The second-order valence-electron chi connectivity index (χ2n) is 6.24. The van der Waals surface area contributed by atoms with Crippen LogP contribution in [0.2, 0.25) is 0 Å². The van der Waals surface area contributed by atoms with E-state index in [1.165, 1.54) is 12.1 Å². The summed E-state index contributed by atoms with van der Waals surface area (Å²) in [6, 6.07) is 4.69. The van der Waals surface area contributed by atoms with Gasteiger partial charge in [-0.2, -0.15) is 0 Å². The summed E-state index contributed by atoms with van der Waals surface area (Å²) >= 11 is 1.14. The quantitative estimate of drug-likeness (QED) is 0.230. The number of carbonyl (C=O) groups excluding carboxylic acids is 1. The number of amides is 1. The molecule has 1 amide bonds. The largest absolute Gasteiger partial charge is 0.409 e. The van der Waals surface area contributed by atoms with Gasteiger partial charge in [0.15, 0.2) is 16.6 Å². The Morgan fingerprint density at radius 1 is 1.38 bits per heavy atom. The Bertz CT molecular complexity index is 867. The molecule has 0 bridgehead atoms. The summed E-state index contributed by atoms with van der Waals surface area (Å²) in [5, 5.41) is 26.3. The van der Waals surface area contributed by atoms with Crippen LogP contribution in [0.5, 0.6) is 0 Å². The van der Waals surface area contributed by atoms with Gasteiger partial charge in [-0.1, -0.05) is 23.0 Å². The van der Waals surface area contributed by atoms with E-state index in [2.05, 4.69) is 26.1 Å². The van der Waals surface area contributed by atoms with Crippen molar-refractivity contribution in [2.24, 2.45) is 5.16 Å². The molecule has 1 fully saturated rings. The lowest BCUT2D eigenvalue weighted by atomic mass is 9.83. The topological polar surface area (TPSA) is 113 Å². The van der Waals surface area contributed by atoms with Crippen molar-refractivity contribution in [3.63, 3.8) is 0 Å².